The number of carboxylic acid groups (broad SMARTS) is 1. The Bertz CT molecular complexity index is 2020. The Balaban J connectivity index is -0.000000128. The lowest BCUT2D eigenvalue weighted by molar-refractivity contribution is 0.0697. The molecule has 2 aromatic heterocycles. The van der Waals surface area contributed by atoms with Gasteiger partial charge in [0.15, 0.2) is 0 Å². The Hall–Kier alpha value is -5.71. The third-order valence-electron chi connectivity index (χ3n) is 10.0. The van der Waals surface area contributed by atoms with Crippen LogP contribution in [0.5, 0.6) is 0 Å². The van der Waals surface area contributed by atoms with Crippen LogP contribution in [0.1, 0.15) is 225 Å². The fourth-order valence-electron chi connectivity index (χ4n) is 7.20. The Labute approximate surface area is 496 Å². The number of nitrogens with two attached hydrogens (primary N) is 2. The van der Waals surface area contributed by atoms with Gasteiger partial charge in [-0.1, -0.05) is 287 Å². The van der Waals surface area contributed by atoms with Gasteiger partial charge in [0.1, 0.15) is 0 Å². The van der Waals surface area contributed by atoms with Crippen molar-refractivity contribution in [1.82, 2.24) is 25.5 Å². The van der Waals surface area contributed by atoms with Crippen molar-refractivity contribution in [3.8, 4) is 22.5 Å². The van der Waals surface area contributed by atoms with Gasteiger partial charge in [-0.25, -0.2) is 4.79 Å². The first kappa shape index (κ1) is 90.8. The molecule has 6 aromatic rings. The first-order valence-electron chi connectivity index (χ1n) is 31.3. The zero-order chi connectivity index (χ0) is 63.5. The molecule has 8 rings (SSSR count). The van der Waals surface area contributed by atoms with E-state index in [1.54, 1.807) is 24.5 Å². The first-order valence-corrected chi connectivity index (χ1v) is 31.3. The molecule has 0 radical (unpaired) electrons. The van der Waals surface area contributed by atoms with Crippen molar-refractivity contribution in [1.29, 1.82) is 0 Å². The maximum Gasteiger partial charge on any atom is 0.337 e. The van der Waals surface area contributed by atoms with Crippen LogP contribution in [-0.2, 0) is 0 Å². The monoisotopic (exact) mass is 1110 g/mol. The zero-order valence-corrected chi connectivity index (χ0v) is 56.4. The molecule has 4 aromatic carbocycles. The highest BCUT2D eigenvalue weighted by atomic mass is 16.4. The largest absolute Gasteiger partial charge is 0.478 e. The summed E-state index contributed by atoms with van der Waals surface area (Å²) >= 11 is 0. The van der Waals surface area contributed by atoms with Crippen LogP contribution in [0.4, 0.5) is 5.69 Å². The Morgan fingerprint density at radius 1 is 0.512 bits per heavy atom. The molecule has 4 atom stereocenters. The normalized spacial score (nSPS) is 14.2. The van der Waals surface area contributed by atoms with Crippen LogP contribution in [0, 0.1) is 0 Å². The molecular weight excluding hydrogens is 983 g/mol. The van der Waals surface area contributed by atoms with Gasteiger partial charge < -0.3 is 27.2 Å². The van der Waals surface area contributed by atoms with Crippen molar-refractivity contribution in [2.45, 2.75) is 216 Å². The van der Waals surface area contributed by atoms with Gasteiger partial charge in [-0.05, 0) is 88.3 Å². The van der Waals surface area contributed by atoms with Crippen LogP contribution in [-0.4, -0.2) is 65.2 Å². The minimum atomic E-state index is -0.957. The van der Waals surface area contributed by atoms with Crippen molar-refractivity contribution < 1.29 is 9.90 Å². The number of benzene rings is 4. The number of likely N-dealkylation sites (tertiary alicyclic amines) is 1. The van der Waals surface area contributed by atoms with Gasteiger partial charge in [0.25, 0.3) is 0 Å². The van der Waals surface area contributed by atoms with Gasteiger partial charge in [0.2, 0.25) is 0 Å². The van der Waals surface area contributed by atoms with Crippen molar-refractivity contribution >= 4 is 11.7 Å². The number of pyridine rings is 2. The number of nitrogens with zero attached hydrogens (tertiary/aromatic N) is 3. The van der Waals surface area contributed by atoms with Gasteiger partial charge in [0.05, 0.1) is 22.6 Å². The summed E-state index contributed by atoms with van der Waals surface area (Å²) in [6.07, 6.45) is 8.25. The van der Waals surface area contributed by atoms with E-state index in [4.69, 9.17) is 16.6 Å². The minimum absolute atomic E-state index is 0.226. The third-order valence-corrected chi connectivity index (χ3v) is 10.0. The van der Waals surface area contributed by atoms with E-state index in [0.717, 1.165) is 29.8 Å². The molecule has 2 aliphatic rings. The average Bonchev–Trinajstić information content (AvgIpc) is 3.58. The number of hydrogen-bond donors (Lipinski definition) is 5. The number of likely N-dealkylation sites (N-methyl/N-ethyl adjacent to an activating group) is 2. The summed E-state index contributed by atoms with van der Waals surface area (Å²) in [5, 5.41) is 15.9. The fraction of sp³-hybridized carbons (Fsp3) is 0.507. The minimum Gasteiger partial charge on any atom is -0.478 e. The number of aromatic carboxylic acids is 1. The van der Waals surface area contributed by atoms with Gasteiger partial charge >= 0.3 is 5.97 Å². The SMILES string of the molecule is CC.CC.CC.CC.CC.CC.CC.CC.CC.CC.CC.CC.CNC1CCCN(C)C1c1ccccc1.NC1CCCNC1c1ccccc1.Nc1cccnc1-c1ccccc1.O=C(O)c1cccnc1-c1ccccc1. The van der Waals surface area contributed by atoms with Crippen molar-refractivity contribution in [3.05, 3.63) is 175 Å². The summed E-state index contributed by atoms with van der Waals surface area (Å²) in [5.41, 5.74) is 18.8. The summed E-state index contributed by atoms with van der Waals surface area (Å²) in [6, 6.07) is 49.1. The second-order valence-corrected chi connectivity index (χ2v) is 13.9. The van der Waals surface area contributed by atoms with Crippen LogP contribution in [0.3, 0.4) is 0 Å². The lowest BCUT2D eigenvalue weighted by atomic mass is 9.91. The molecule has 2 aliphatic heterocycles. The maximum atomic E-state index is 11.0. The molecule has 0 spiro atoms. The van der Waals surface area contributed by atoms with E-state index < -0.39 is 5.97 Å². The number of hydrogen-bond acceptors (Lipinski definition) is 8. The number of carbonyl (C=O) groups is 1. The predicted molar refractivity (Wildman–Crippen MR) is 365 cm³/mol. The van der Waals surface area contributed by atoms with E-state index in [1.807, 2.05) is 245 Å². The maximum absolute atomic E-state index is 11.0. The van der Waals surface area contributed by atoms with E-state index in [-0.39, 0.29) is 11.6 Å². The van der Waals surface area contributed by atoms with E-state index in [9.17, 15) is 4.79 Å². The summed E-state index contributed by atoms with van der Waals surface area (Å²) in [7, 11) is 4.29. The highest BCUT2D eigenvalue weighted by Crippen LogP contribution is 2.30. The second kappa shape index (κ2) is 73.3. The lowest BCUT2D eigenvalue weighted by Crippen LogP contribution is -2.45. The van der Waals surface area contributed by atoms with E-state index >= 15 is 0 Å². The highest BCUT2D eigenvalue weighted by molar-refractivity contribution is 5.94. The standard InChI is InChI=1S/C13H20N2.C12H9NO2.C11H16N2.C11H10N2.12C2H6/c1-14-12-9-6-10-15(2)13(12)11-7-4-3-5-8-11;14-12(15)10-7-4-8-13-11(10)9-5-2-1-3-6-9;2*12-10-7-4-8-13-11(10)9-5-2-1-3-6-9;12*1-2/h3-5,7-8,12-14H,6,9-10H2,1-2H3;1-8H,(H,14,15);1-3,5-6,10-11,13H,4,7-8,12H2;1-8H,12H2;12*1-2H3. The summed E-state index contributed by atoms with van der Waals surface area (Å²) in [5.74, 6) is -0.957. The highest BCUT2D eigenvalue weighted by Gasteiger charge is 2.29. The molecule has 9 nitrogen and oxygen atoms in total. The molecule has 4 unspecified atom stereocenters. The van der Waals surface area contributed by atoms with E-state index in [1.165, 1.54) is 36.9 Å². The quantitative estimate of drug-likeness (QED) is 0.110. The number of nitrogens with one attached hydrogen (secondary N) is 2. The molecule has 7 N–H and O–H groups in total. The Morgan fingerprint density at radius 3 is 1.27 bits per heavy atom. The number of piperidine rings is 2. The molecule has 458 valence electrons. The lowest BCUT2D eigenvalue weighted by Gasteiger charge is -2.39. The van der Waals surface area contributed by atoms with Crippen LogP contribution in [0.2, 0.25) is 0 Å². The van der Waals surface area contributed by atoms with Gasteiger partial charge in [-0.3, -0.25) is 14.9 Å². The molecule has 4 heterocycles. The Kier molecular flexibility index (Phi) is 83.2. The molecule has 0 bridgehead atoms. The van der Waals surface area contributed by atoms with Gasteiger partial charge in [-0.2, -0.15) is 0 Å². The molecule has 80 heavy (non-hydrogen) atoms. The number of nitrogen functional groups attached to an aromatic ring is 1. The molecular formula is C71H127N7O2. The third kappa shape index (κ3) is 40.5. The van der Waals surface area contributed by atoms with E-state index in [0.29, 0.717) is 29.5 Å². The van der Waals surface area contributed by atoms with Crippen molar-refractivity contribution in [2.75, 3.05) is 32.9 Å². The van der Waals surface area contributed by atoms with Gasteiger partial charge in [0, 0.05) is 47.7 Å². The van der Waals surface area contributed by atoms with Crippen LogP contribution < -0.4 is 22.1 Å². The number of carboxylic acids is 1. The molecule has 2 fully saturated rings. The topological polar surface area (TPSA) is 142 Å². The van der Waals surface area contributed by atoms with Crippen molar-refractivity contribution in [3.63, 3.8) is 0 Å². The molecule has 9 heteroatoms. The summed E-state index contributed by atoms with van der Waals surface area (Å²) in [6.45, 7) is 50.3. The summed E-state index contributed by atoms with van der Waals surface area (Å²) < 4.78 is 0. The predicted octanol–water partition coefficient (Wildman–Crippen LogP) is 20.6. The molecule has 2 saturated heterocycles. The van der Waals surface area contributed by atoms with Crippen LogP contribution in [0.25, 0.3) is 22.5 Å². The average molecular weight is 1110 g/mol. The second-order valence-electron chi connectivity index (χ2n) is 13.9. The van der Waals surface area contributed by atoms with Gasteiger partial charge in [-0.15, -0.1) is 0 Å². The number of rotatable bonds is 6. The fourth-order valence-corrected chi connectivity index (χ4v) is 7.20. The molecule has 0 saturated carbocycles. The smallest absolute Gasteiger partial charge is 0.337 e. The van der Waals surface area contributed by atoms with Crippen LogP contribution >= 0.6 is 0 Å². The van der Waals surface area contributed by atoms with Crippen LogP contribution in [0.15, 0.2) is 158 Å². The zero-order valence-electron chi connectivity index (χ0n) is 56.4. The molecule has 0 amide bonds. The van der Waals surface area contributed by atoms with Crippen molar-refractivity contribution in [2.24, 2.45) is 5.73 Å². The van der Waals surface area contributed by atoms with E-state index in [2.05, 4.69) is 94.2 Å². The number of aromatic nitrogens is 2. The number of anilines is 1. The molecule has 0 aliphatic carbocycles. The Morgan fingerprint density at radius 2 is 0.887 bits per heavy atom. The first-order chi connectivity index (χ1) is 39.4. The summed E-state index contributed by atoms with van der Waals surface area (Å²) in [4.78, 5) is 21.7.